The van der Waals surface area contributed by atoms with Gasteiger partial charge in [0, 0.05) is 43.1 Å². The second-order valence-corrected chi connectivity index (χ2v) is 9.83. The second-order valence-electron chi connectivity index (χ2n) is 9.83. The summed E-state index contributed by atoms with van der Waals surface area (Å²) in [6.45, 7) is 4.00. The Morgan fingerprint density at radius 1 is 1.14 bits per heavy atom. The number of amides is 2. The largest absolute Gasteiger partial charge is 0.449 e. The summed E-state index contributed by atoms with van der Waals surface area (Å²) in [4.78, 5) is 31.8. The molecule has 1 aliphatic carbocycles. The van der Waals surface area contributed by atoms with Gasteiger partial charge in [-0.05, 0) is 62.9 Å². The summed E-state index contributed by atoms with van der Waals surface area (Å²) in [5.74, 6) is -3.91. The van der Waals surface area contributed by atoms with Crippen LogP contribution in [0, 0.1) is 5.82 Å². The van der Waals surface area contributed by atoms with Gasteiger partial charge in [0.1, 0.15) is 16.9 Å². The van der Waals surface area contributed by atoms with E-state index in [4.69, 9.17) is 4.42 Å². The molecular weight excluding hydrogens is 459 g/mol. The van der Waals surface area contributed by atoms with Crippen LogP contribution in [-0.4, -0.2) is 46.2 Å². The van der Waals surface area contributed by atoms with Crippen molar-refractivity contribution in [3.8, 4) is 11.3 Å². The Bertz CT molecular complexity index is 1290. The highest BCUT2D eigenvalue weighted by atomic mass is 19.3. The van der Waals surface area contributed by atoms with E-state index in [0.717, 1.165) is 0 Å². The minimum Gasteiger partial charge on any atom is -0.449 e. The number of pyridine rings is 1. The number of fused-ring (bicyclic) bond motifs is 1. The van der Waals surface area contributed by atoms with Crippen molar-refractivity contribution in [2.45, 2.75) is 56.9 Å². The molecule has 3 heterocycles. The van der Waals surface area contributed by atoms with E-state index in [0.29, 0.717) is 41.0 Å². The maximum Gasteiger partial charge on any atom is 0.290 e. The third kappa shape index (κ3) is 4.28. The number of hydrogen-bond acceptors (Lipinski definition) is 4. The zero-order chi connectivity index (χ0) is 25.0. The molecule has 9 heteroatoms. The number of nitrogens with zero attached hydrogens (tertiary/aromatic N) is 2. The van der Waals surface area contributed by atoms with Gasteiger partial charge in [-0.25, -0.2) is 18.2 Å². The molecule has 1 aliphatic heterocycles. The summed E-state index contributed by atoms with van der Waals surface area (Å²) in [5.41, 5.74) is 1.66. The molecule has 184 valence electrons. The molecule has 3 aromatic rings. The number of piperazine rings is 1. The average molecular weight is 486 g/mol. The fraction of sp³-hybridized carbons (Fsp3) is 0.423. The van der Waals surface area contributed by atoms with Crippen LogP contribution in [0.4, 0.5) is 13.2 Å². The number of alkyl halides is 2. The summed E-state index contributed by atoms with van der Waals surface area (Å²) >= 11 is 0. The normalized spacial score (nSPS) is 20.1. The smallest absolute Gasteiger partial charge is 0.290 e. The predicted molar refractivity (Wildman–Crippen MR) is 124 cm³/mol. The van der Waals surface area contributed by atoms with Crippen molar-refractivity contribution in [1.29, 1.82) is 0 Å². The minimum absolute atomic E-state index is 0.0360. The third-order valence-corrected chi connectivity index (χ3v) is 7.11. The van der Waals surface area contributed by atoms with Crippen LogP contribution in [0.3, 0.4) is 0 Å². The van der Waals surface area contributed by atoms with Gasteiger partial charge in [0.15, 0.2) is 11.3 Å². The van der Waals surface area contributed by atoms with E-state index < -0.39 is 17.4 Å². The molecule has 2 aliphatic rings. The molecule has 0 atom stereocenters. The van der Waals surface area contributed by atoms with Crippen LogP contribution in [0.2, 0.25) is 0 Å². The van der Waals surface area contributed by atoms with Crippen molar-refractivity contribution < 1.29 is 27.2 Å². The molecule has 6 nitrogen and oxygen atoms in total. The molecule has 2 aromatic heterocycles. The number of benzene rings is 1. The molecule has 1 N–H and O–H groups in total. The SMILES string of the molecule is CC1(C)C(=O)NCCN1C(=O)c1cc2nc(-c3ccc(F)cc3)cc(C3CCC(F)(F)CC3)c2o1. The average Bonchev–Trinajstić information content (AvgIpc) is 3.25. The fourth-order valence-corrected chi connectivity index (χ4v) is 4.96. The van der Waals surface area contributed by atoms with Gasteiger partial charge in [-0.15, -0.1) is 0 Å². The van der Waals surface area contributed by atoms with Crippen molar-refractivity contribution in [3.63, 3.8) is 0 Å². The van der Waals surface area contributed by atoms with E-state index in [2.05, 4.69) is 10.3 Å². The molecule has 5 rings (SSSR count). The maximum atomic E-state index is 13.9. The topological polar surface area (TPSA) is 75.4 Å². The van der Waals surface area contributed by atoms with Crippen molar-refractivity contribution >= 4 is 22.9 Å². The number of nitrogens with one attached hydrogen (secondary N) is 1. The summed E-state index contributed by atoms with van der Waals surface area (Å²) in [6, 6.07) is 9.19. The van der Waals surface area contributed by atoms with Crippen LogP contribution in [0.25, 0.3) is 22.4 Å². The first-order valence-corrected chi connectivity index (χ1v) is 11.7. The number of rotatable bonds is 3. The number of halogens is 3. The van der Waals surface area contributed by atoms with E-state index in [1.807, 2.05) is 0 Å². The summed E-state index contributed by atoms with van der Waals surface area (Å²) in [5, 5.41) is 2.76. The molecule has 2 amide bonds. The molecule has 0 radical (unpaired) electrons. The molecule has 35 heavy (non-hydrogen) atoms. The van der Waals surface area contributed by atoms with Crippen LogP contribution in [0.1, 0.15) is 61.6 Å². The van der Waals surface area contributed by atoms with Crippen LogP contribution < -0.4 is 5.32 Å². The first kappa shape index (κ1) is 23.4. The first-order chi connectivity index (χ1) is 16.5. The van der Waals surface area contributed by atoms with Crippen molar-refractivity contribution in [1.82, 2.24) is 15.2 Å². The predicted octanol–water partition coefficient (Wildman–Crippen LogP) is 5.28. The highest BCUT2D eigenvalue weighted by Crippen LogP contribution is 2.44. The molecular formula is C26H26F3N3O3. The number of carbonyl (C=O) groups excluding carboxylic acids is 2. The van der Waals surface area contributed by atoms with Gasteiger partial charge in [-0.1, -0.05) is 0 Å². The number of hydrogen-bond donors (Lipinski definition) is 1. The Balaban J connectivity index is 1.59. The molecule has 1 saturated heterocycles. The lowest BCUT2D eigenvalue weighted by Gasteiger charge is -2.40. The van der Waals surface area contributed by atoms with Gasteiger partial charge < -0.3 is 14.6 Å². The van der Waals surface area contributed by atoms with E-state index in [9.17, 15) is 22.8 Å². The number of furan rings is 1. The Morgan fingerprint density at radius 2 is 1.83 bits per heavy atom. The van der Waals surface area contributed by atoms with Crippen LogP contribution in [0.5, 0.6) is 0 Å². The molecule has 1 aromatic carbocycles. The maximum absolute atomic E-state index is 13.9. The third-order valence-electron chi connectivity index (χ3n) is 7.11. The van der Waals surface area contributed by atoms with Gasteiger partial charge in [0.05, 0.1) is 5.69 Å². The monoisotopic (exact) mass is 485 g/mol. The summed E-state index contributed by atoms with van der Waals surface area (Å²) in [7, 11) is 0. The van der Waals surface area contributed by atoms with Crippen LogP contribution in [-0.2, 0) is 4.79 Å². The summed E-state index contributed by atoms with van der Waals surface area (Å²) < 4.78 is 47.2. The van der Waals surface area contributed by atoms with Gasteiger partial charge in [0.2, 0.25) is 11.8 Å². The molecule has 0 spiro atoms. The zero-order valence-corrected chi connectivity index (χ0v) is 19.5. The number of aromatic nitrogens is 1. The van der Waals surface area contributed by atoms with Crippen LogP contribution in [0.15, 0.2) is 40.8 Å². The Kier molecular flexibility index (Phi) is 5.61. The van der Waals surface area contributed by atoms with Gasteiger partial charge in [0.25, 0.3) is 5.91 Å². The lowest BCUT2D eigenvalue weighted by atomic mass is 9.82. The van der Waals surface area contributed by atoms with Crippen molar-refractivity contribution in [3.05, 3.63) is 53.5 Å². The fourth-order valence-electron chi connectivity index (χ4n) is 4.96. The van der Waals surface area contributed by atoms with Gasteiger partial charge >= 0.3 is 0 Å². The van der Waals surface area contributed by atoms with E-state index in [-0.39, 0.29) is 49.1 Å². The van der Waals surface area contributed by atoms with E-state index in [1.54, 1.807) is 32.0 Å². The standard InChI is InChI=1S/C26H26F3N3O3/c1-25(2)24(34)30-11-12-32(25)23(33)21-14-20-22(35-21)18(15-7-9-26(28,29)10-8-15)13-19(31-20)16-3-5-17(27)6-4-16/h3-6,13-15H,7-12H2,1-2H3,(H,30,34). The lowest BCUT2D eigenvalue weighted by Crippen LogP contribution is -2.63. The van der Waals surface area contributed by atoms with Gasteiger partial charge in [-0.3, -0.25) is 9.59 Å². The Hall–Kier alpha value is -3.36. The van der Waals surface area contributed by atoms with Crippen molar-refractivity contribution in [2.75, 3.05) is 13.1 Å². The molecule has 0 unspecified atom stereocenters. The number of carbonyl (C=O) groups is 2. The van der Waals surface area contributed by atoms with Gasteiger partial charge in [-0.2, -0.15) is 0 Å². The molecule has 1 saturated carbocycles. The van der Waals surface area contributed by atoms with E-state index in [1.165, 1.54) is 23.1 Å². The Labute approximate surface area is 200 Å². The molecule has 0 bridgehead atoms. The quantitative estimate of drug-likeness (QED) is 0.548. The van der Waals surface area contributed by atoms with Crippen molar-refractivity contribution in [2.24, 2.45) is 0 Å². The summed E-state index contributed by atoms with van der Waals surface area (Å²) in [6.07, 6.45) is 0.102. The minimum atomic E-state index is -2.69. The highest BCUT2D eigenvalue weighted by Gasteiger charge is 2.42. The Morgan fingerprint density at radius 3 is 2.51 bits per heavy atom. The first-order valence-electron chi connectivity index (χ1n) is 11.7. The molecule has 2 fully saturated rings. The second kappa shape index (κ2) is 8.39. The lowest BCUT2D eigenvalue weighted by molar-refractivity contribution is -0.133. The van der Waals surface area contributed by atoms with E-state index >= 15 is 0 Å². The zero-order valence-electron chi connectivity index (χ0n) is 19.5. The highest BCUT2D eigenvalue weighted by molar-refractivity contribution is 6.00. The van der Waals surface area contributed by atoms with Crippen LogP contribution >= 0.6 is 0 Å².